The molecular formula is C18H18N4O3. The van der Waals surface area contributed by atoms with E-state index in [2.05, 4.69) is 5.10 Å². The highest BCUT2D eigenvalue weighted by atomic mass is 16.7. The van der Waals surface area contributed by atoms with Crippen LogP contribution in [0.1, 0.15) is 28.8 Å². The summed E-state index contributed by atoms with van der Waals surface area (Å²) in [5.41, 5.74) is 2.50. The first-order chi connectivity index (χ1) is 12.2. The van der Waals surface area contributed by atoms with Gasteiger partial charge in [0.05, 0.1) is 6.20 Å². The van der Waals surface area contributed by atoms with Crippen molar-refractivity contribution in [2.75, 3.05) is 6.79 Å². The van der Waals surface area contributed by atoms with Gasteiger partial charge in [0.15, 0.2) is 11.5 Å². The number of imidazole rings is 1. The van der Waals surface area contributed by atoms with E-state index in [-0.39, 0.29) is 12.7 Å². The van der Waals surface area contributed by atoms with Crippen LogP contribution < -0.4 is 9.47 Å². The summed E-state index contributed by atoms with van der Waals surface area (Å²) in [5, 5.41) is 4.29. The number of aryl methyl sites for hydroxylation is 1. The fraction of sp³-hybridized carbons (Fsp3) is 0.333. The van der Waals surface area contributed by atoms with Crippen LogP contribution in [0, 0.1) is 0 Å². The predicted octanol–water partition coefficient (Wildman–Crippen LogP) is 2.21. The molecule has 1 aromatic carbocycles. The lowest BCUT2D eigenvalue weighted by molar-refractivity contribution is 0.0731. The summed E-state index contributed by atoms with van der Waals surface area (Å²) in [4.78, 5) is 15.1. The second-order valence-electron chi connectivity index (χ2n) is 6.59. The Labute approximate surface area is 144 Å². The van der Waals surface area contributed by atoms with Gasteiger partial charge in [-0.1, -0.05) is 6.07 Å². The summed E-state index contributed by atoms with van der Waals surface area (Å²) in [6, 6.07) is 6.16. The zero-order valence-corrected chi connectivity index (χ0v) is 13.9. The monoisotopic (exact) mass is 338 g/mol. The molecule has 1 saturated carbocycles. The van der Waals surface area contributed by atoms with Gasteiger partial charge in [0.1, 0.15) is 11.2 Å². The van der Waals surface area contributed by atoms with Crippen LogP contribution in [0.3, 0.4) is 0 Å². The van der Waals surface area contributed by atoms with Gasteiger partial charge in [-0.15, -0.1) is 0 Å². The van der Waals surface area contributed by atoms with Gasteiger partial charge < -0.3 is 18.9 Å². The Kier molecular flexibility index (Phi) is 3.03. The highest BCUT2D eigenvalue weighted by Crippen LogP contribution is 2.35. The lowest BCUT2D eigenvalue weighted by Crippen LogP contribution is -2.32. The van der Waals surface area contributed by atoms with Crippen LogP contribution >= 0.6 is 0 Å². The van der Waals surface area contributed by atoms with Gasteiger partial charge in [0, 0.05) is 32.0 Å². The first kappa shape index (κ1) is 14.4. The second kappa shape index (κ2) is 5.27. The third-order valence-corrected chi connectivity index (χ3v) is 4.80. The van der Waals surface area contributed by atoms with Crippen LogP contribution in [0.2, 0.25) is 0 Å². The number of carbonyl (C=O) groups is 1. The number of hydrogen-bond donors (Lipinski definition) is 0. The number of aromatic nitrogens is 3. The summed E-state index contributed by atoms with van der Waals surface area (Å²) in [6.07, 6.45) is 7.51. The minimum absolute atomic E-state index is 0.0250. The normalized spacial score (nSPS) is 15.7. The third-order valence-electron chi connectivity index (χ3n) is 4.80. The van der Waals surface area contributed by atoms with Gasteiger partial charge in [-0.25, -0.2) is 4.52 Å². The van der Waals surface area contributed by atoms with Crippen LogP contribution in [0.15, 0.2) is 36.8 Å². The van der Waals surface area contributed by atoms with Crippen molar-refractivity contribution in [3.05, 3.63) is 47.9 Å². The molecule has 25 heavy (non-hydrogen) atoms. The van der Waals surface area contributed by atoms with Gasteiger partial charge >= 0.3 is 0 Å². The molecule has 1 amide bonds. The molecule has 3 aromatic rings. The average Bonchev–Trinajstić information content (AvgIpc) is 3.04. The SMILES string of the molecule is Cn1ccn2ncc(C(=O)N(Cc3ccc4c(c3)OCO4)C3CC3)c12. The minimum atomic E-state index is 0.0250. The molecule has 0 unspecified atom stereocenters. The molecule has 0 bridgehead atoms. The van der Waals surface area contributed by atoms with E-state index in [1.165, 1.54) is 0 Å². The molecule has 7 nitrogen and oxygen atoms in total. The summed E-state index contributed by atoms with van der Waals surface area (Å²) >= 11 is 0. The Balaban J connectivity index is 1.46. The van der Waals surface area contributed by atoms with E-state index in [1.807, 2.05) is 47.1 Å². The van der Waals surface area contributed by atoms with Crippen LogP contribution in [-0.2, 0) is 13.6 Å². The lowest BCUT2D eigenvalue weighted by atomic mass is 10.1. The summed E-state index contributed by atoms with van der Waals surface area (Å²) in [6.45, 7) is 0.813. The Morgan fingerprint density at radius 2 is 2.12 bits per heavy atom. The van der Waals surface area contributed by atoms with Gasteiger partial charge in [0.25, 0.3) is 5.91 Å². The Morgan fingerprint density at radius 1 is 1.28 bits per heavy atom. The number of hydrogen-bond acceptors (Lipinski definition) is 4. The van der Waals surface area contributed by atoms with Crippen molar-refractivity contribution < 1.29 is 14.3 Å². The van der Waals surface area contributed by atoms with Crippen LogP contribution in [0.25, 0.3) is 5.65 Å². The van der Waals surface area contributed by atoms with Crippen LogP contribution in [-0.4, -0.2) is 37.8 Å². The fourth-order valence-corrected chi connectivity index (χ4v) is 3.34. The van der Waals surface area contributed by atoms with Gasteiger partial charge in [-0.3, -0.25) is 4.79 Å². The molecule has 2 aliphatic rings. The van der Waals surface area contributed by atoms with Crippen molar-refractivity contribution >= 4 is 11.6 Å². The quantitative estimate of drug-likeness (QED) is 0.732. The van der Waals surface area contributed by atoms with Crippen molar-refractivity contribution in [2.45, 2.75) is 25.4 Å². The first-order valence-corrected chi connectivity index (χ1v) is 8.39. The summed E-state index contributed by atoms with van der Waals surface area (Å²) in [7, 11) is 1.92. The molecule has 0 radical (unpaired) electrons. The number of benzene rings is 1. The van der Waals surface area contributed by atoms with E-state index < -0.39 is 0 Å². The maximum atomic E-state index is 13.2. The van der Waals surface area contributed by atoms with E-state index >= 15 is 0 Å². The molecule has 2 aromatic heterocycles. The summed E-state index contributed by atoms with van der Waals surface area (Å²) in [5.74, 6) is 1.53. The summed E-state index contributed by atoms with van der Waals surface area (Å²) < 4.78 is 14.5. The topological polar surface area (TPSA) is 61.0 Å². The first-order valence-electron chi connectivity index (χ1n) is 8.39. The molecule has 0 saturated heterocycles. The van der Waals surface area contributed by atoms with Crippen LogP contribution in [0.5, 0.6) is 11.5 Å². The van der Waals surface area contributed by atoms with E-state index in [1.54, 1.807) is 10.7 Å². The van der Waals surface area contributed by atoms with E-state index in [9.17, 15) is 4.79 Å². The third kappa shape index (κ3) is 2.34. The van der Waals surface area contributed by atoms with Crippen molar-refractivity contribution in [3.8, 4) is 11.5 Å². The highest BCUT2D eigenvalue weighted by Gasteiger charge is 2.34. The van der Waals surface area contributed by atoms with Gasteiger partial charge in [-0.05, 0) is 30.5 Å². The molecule has 5 rings (SSSR count). The molecule has 1 aliphatic carbocycles. The molecule has 0 spiro atoms. The zero-order chi connectivity index (χ0) is 17.0. The van der Waals surface area contributed by atoms with E-state index in [0.717, 1.165) is 35.6 Å². The Bertz CT molecular complexity index is 970. The van der Waals surface area contributed by atoms with Crippen molar-refractivity contribution in [1.82, 2.24) is 19.1 Å². The number of fused-ring (bicyclic) bond motifs is 2. The maximum Gasteiger partial charge on any atom is 0.259 e. The number of nitrogens with zero attached hydrogens (tertiary/aromatic N) is 4. The maximum absolute atomic E-state index is 13.2. The Morgan fingerprint density at radius 3 is 2.96 bits per heavy atom. The molecule has 7 heteroatoms. The van der Waals surface area contributed by atoms with Crippen molar-refractivity contribution in [1.29, 1.82) is 0 Å². The molecule has 0 N–H and O–H groups in total. The highest BCUT2D eigenvalue weighted by molar-refractivity contribution is 6.00. The standard InChI is InChI=1S/C18H18N4O3/c1-20-6-7-22-17(20)14(9-19-22)18(23)21(13-3-4-13)10-12-2-5-15-16(8-12)25-11-24-15/h2,5-9,13H,3-4,10-11H2,1H3. The smallest absolute Gasteiger partial charge is 0.259 e. The van der Waals surface area contributed by atoms with E-state index in [4.69, 9.17) is 9.47 Å². The van der Waals surface area contributed by atoms with E-state index in [0.29, 0.717) is 18.2 Å². The molecule has 3 heterocycles. The molecule has 128 valence electrons. The molecule has 1 fully saturated rings. The molecule has 0 atom stereocenters. The van der Waals surface area contributed by atoms with Crippen molar-refractivity contribution in [2.24, 2.45) is 7.05 Å². The largest absolute Gasteiger partial charge is 0.454 e. The Hall–Kier alpha value is -2.96. The fourth-order valence-electron chi connectivity index (χ4n) is 3.34. The zero-order valence-electron chi connectivity index (χ0n) is 13.9. The lowest BCUT2D eigenvalue weighted by Gasteiger charge is -2.22. The van der Waals surface area contributed by atoms with Gasteiger partial charge in [0.2, 0.25) is 6.79 Å². The number of ether oxygens (including phenoxy) is 2. The van der Waals surface area contributed by atoms with Crippen molar-refractivity contribution in [3.63, 3.8) is 0 Å². The average molecular weight is 338 g/mol. The van der Waals surface area contributed by atoms with Crippen LogP contribution in [0.4, 0.5) is 0 Å². The second-order valence-corrected chi connectivity index (χ2v) is 6.59. The predicted molar refractivity (Wildman–Crippen MR) is 89.6 cm³/mol. The number of rotatable bonds is 4. The number of amides is 1. The molecular weight excluding hydrogens is 320 g/mol. The van der Waals surface area contributed by atoms with Gasteiger partial charge in [-0.2, -0.15) is 5.10 Å². The number of carbonyl (C=O) groups excluding carboxylic acids is 1. The minimum Gasteiger partial charge on any atom is -0.454 e. The molecule has 1 aliphatic heterocycles.